The summed E-state index contributed by atoms with van der Waals surface area (Å²) in [6.07, 6.45) is 4.23. The molecular formula is C9H16BrN. The summed E-state index contributed by atoms with van der Waals surface area (Å²) in [7, 11) is 0. The fourth-order valence-electron chi connectivity index (χ4n) is 1.22. The van der Waals surface area contributed by atoms with Crippen LogP contribution < -0.4 is 5.32 Å². The molecule has 0 aromatic rings. The molecule has 0 aromatic heterocycles. The van der Waals surface area contributed by atoms with E-state index >= 15 is 0 Å². The van der Waals surface area contributed by atoms with Gasteiger partial charge in [-0.2, -0.15) is 0 Å². The maximum Gasteiger partial charge on any atom is 0.0268 e. The zero-order valence-electron chi connectivity index (χ0n) is 7.07. The van der Waals surface area contributed by atoms with Crippen LogP contribution >= 0.6 is 15.9 Å². The maximum atomic E-state index is 3.78. The van der Waals surface area contributed by atoms with Gasteiger partial charge >= 0.3 is 0 Å². The van der Waals surface area contributed by atoms with E-state index in [2.05, 4.69) is 34.7 Å². The summed E-state index contributed by atoms with van der Waals surface area (Å²) >= 11 is 3.33. The average Bonchev–Trinajstić information content (AvgIpc) is 2.67. The van der Waals surface area contributed by atoms with Crippen LogP contribution in [0.1, 0.15) is 26.2 Å². The van der Waals surface area contributed by atoms with Gasteiger partial charge in [0.05, 0.1) is 0 Å². The molecule has 0 aromatic carbocycles. The summed E-state index contributed by atoms with van der Waals surface area (Å²) in [6.45, 7) is 6.92. The largest absolute Gasteiger partial charge is 0.310 e. The Labute approximate surface area is 77.4 Å². The van der Waals surface area contributed by atoms with E-state index in [0.29, 0.717) is 6.04 Å². The van der Waals surface area contributed by atoms with Gasteiger partial charge in [-0.25, -0.2) is 0 Å². The first-order chi connectivity index (χ1) is 5.18. The van der Waals surface area contributed by atoms with Crippen molar-refractivity contribution in [1.29, 1.82) is 0 Å². The van der Waals surface area contributed by atoms with Crippen molar-refractivity contribution in [1.82, 2.24) is 5.32 Å². The third-order valence-corrected chi connectivity index (χ3v) is 2.31. The van der Waals surface area contributed by atoms with Crippen LogP contribution in [0.25, 0.3) is 0 Å². The lowest BCUT2D eigenvalue weighted by atomic mass is 10.1. The van der Waals surface area contributed by atoms with E-state index in [9.17, 15) is 0 Å². The Balaban J connectivity index is 1.99. The molecule has 0 radical (unpaired) electrons. The van der Waals surface area contributed by atoms with Crippen LogP contribution in [0.4, 0.5) is 0 Å². The molecule has 11 heavy (non-hydrogen) atoms. The summed E-state index contributed by atoms with van der Waals surface area (Å²) in [5.74, 6) is 1.01. The van der Waals surface area contributed by atoms with E-state index in [1.807, 2.05) is 0 Å². The van der Waals surface area contributed by atoms with Crippen molar-refractivity contribution in [3.8, 4) is 0 Å². The van der Waals surface area contributed by atoms with Gasteiger partial charge in [0.1, 0.15) is 0 Å². The van der Waals surface area contributed by atoms with Gasteiger partial charge in [-0.05, 0) is 19.3 Å². The molecule has 1 unspecified atom stereocenters. The quantitative estimate of drug-likeness (QED) is 0.748. The monoisotopic (exact) mass is 217 g/mol. The smallest absolute Gasteiger partial charge is 0.0268 e. The number of rotatable bonds is 5. The van der Waals surface area contributed by atoms with Gasteiger partial charge in [0, 0.05) is 17.1 Å². The Bertz CT molecular complexity index is 140. The highest BCUT2D eigenvalue weighted by Crippen LogP contribution is 2.33. The summed E-state index contributed by atoms with van der Waals surface area (Å²) in [6, 6.07) is 0.650. The van der Waals surface area contributed by atoms with Crippen LogP contribution in [0.15, 0.2) is 11.1 Å². The molecule has 1 fully saturated rings. The molecule has 0 aliphatic heterocycles. The van der Waals surface area contributed by atoms with Crippen LogP contribution in [0.2, 0.25) is 0 Å². The van der Waals surface area contributed by atoms with E-state index in [-0.39, 0.29) is 0 Å². The summed E-state index contributed by atoms with van der Waals surface area (Å²) < 4.78 is 1.04. The number of halogens is 1. The fourth-order valence-corrected chi connectivity index (χ4v) is 1.38. The lowest BCUT2D eigenvalue weighted by molar-refractivity contribution is 0.511. The zero-order valence-corrected chi connectivity index (χ0v) is 8.65. The van der Waals surface area contributed by atoms with Gasteiger partial charge in [-0.15, -0.1) is 0 Å². The van der Waals surface area contributed by atoms with E-state index in [4.69, 9.17) is 0 Å². The maximum absolute atomic E-state index is 3.78. The molecular weight excluding hydrogens is 202 g/mol. The molecule has 0 amide bonds. The molecule has 64 valence electrons. The highest BCUT2D eigenvalue weighted by molar-refractivity contribution is 9.11. The van der Waals surface area contributed by atoms with Crippen molar-refractivity contribution in [2.75, 3.05) is 6.54 Å². The third kappa shape index (κ3) is 4.59. The second-order valence-electron chi connectivity index (χ2n) is 3.48. The number of nitrogens with one attached hydrogen (secondary N) is 1. The van der Waals surface area contributed by atoms with Crippen LogP contribution in [0.5, 0.6) is 0 Å². The first kappa shape index (κ1) is 9.27. The Morgan fingerprint density at radius 1 is 1.73 bits per heavy atom. The molecule has 1 N–H and O–H groups in total. The molecule has 2 heteroatoms. The summed E-state index contributed by atoms with van der Waals surface area (Å²) in [5, 5.41) is 3.41. The van der Waals surface area contributed by atoms with Crippen molar-refractivity contribution in [2.45, 2.75) is 32.2 Å². The molecule has 1 nitrogen and oxygen atoms in total. The van der Waals surface area contributed by atoms with E-state index in [1.54, 1.807) is 0 Å². The van der Waals surface area contributed by atoms with E-state index in [0.717, 1.165) is 16.9 Å². The normalized spacial score (nSPS) is 19.8. The third-order valence-electron chi connectivity index (χ3n) is 2.03. The Hall–Kier alpha value is 0.180. The van der Waals surface area contributed by atoms with Crippen molar-refractivity contribution < 1.29 is 0 Å². The second kappa shape index (κ2) is 4.27. The van der Waals surface area contributed by atoms with Gasteiger partial charge in [-0.1, -0.05) is 35.4 Å². The molecule has 0 heterocycles. The molecule has 0 spiro atoms. The fraction of sp³-hybridized carbons (Fsp3) is 0.778. The minimum Gasteiger partial charge on any atom is -0.310 e. The first-order valence-electron chi connectivity index (χ1n) is 4.25. The molecule has 0 bridgehead atoms. The Morgan fingerprint density at radius 2 is 2.36 bits per heavy atom. The second-order valence-corrected chi connectivity index (χ2v) is 4.60. The summed E-state index contributed by atoms with van der Waals surface area (Å²) in [5.41, 5.74) is 0. The van der Waals surface area contributed by atoms with Crippen LogP contribution in [-0.2, 0) is 0 Å². The van der Waals surface area contributed by atoms with Crippen molar-refractivity contribution in [3.05, 3.63) is 11.1 Å². The molecule has 1 saturated carbocycles. The lowest BCUT2D eigenvalue weighted by Gasteiger charge is -2.11. The Kier molecular flexibility index (Phi) is 3.60. The molecule has 0 saturated heterocycles. The standard InChI is InChI=1S/C9H16BrN/c1-7(10)6-11-8(2)5-9-3-4-9/h8-9,11H,1,3-6H2,2H3. The number of hydrogen-bond acceptors (Lipinski definition) is 1. The number of hydrogen-bond donors (Lipinski definition) is 1. The topological polar surface area (TPSA) is 12.0 Å². The highest BCUT2D eigenvalue weighted by Gasteiger charge is 2.22. The molecule has 1 aliphatic carbocycles. The molecule has 1 atom stereocenters. The SMILES string of the molecule is C=C(Br)CNC(C)CC1CC1. The highest BCUT2D eigenvalue weighted by atomic mass is 79.9. The minimum atomic E-state index is 0.650. The van der Waals surface area contributed by atoms with Crippen molar-refractivity contribution in [2.24, 2.45) is 5.92 Å². The van der Waals surface area contributed by atoms with Gasteiger partial charge in [0.25, 0.3) is 0 Å². The minimum absolute atomic E-state index is 0.650. The Morgan fingerprint density at radius 3 is 2.82 bits per heavy atom. The summed E-state index contributed by atoms with van der Waals surface area (Å²) in [4.78, 5) is 0. The van der Waals surface area contributed by atoms with Crippen LogP contribution in [-0.4, -0.2) is 12.6 Å². The first-order valence-corrected chi connectivity index (χ1v) is 5.04. The predicted molar refractivity (Wildman–Crippen MR) is 52.9 cm³/mol. The molecule has 1 aliphatic rings. The van der Waals surface area contributed by atoms with Gasteiger partial charge < -0.3 is 5.32 Å². The van der Waals surface area contributed by atoms with Crippen molar-refractivity contribution >= 4 is 15.9 Å². The lowest BCUT2D eigenvalue weighted by Crippen LogP contribution is -2.27. The van der Waals surface area contributed by atoms with Crippen LogP contribution in [0.3, 0.4) is 0 Å². The van der Waals surface area contributed by atoms with E-state index in [1.165, 1.54) is 19.3 Å². The van der Waals surface area contributed by atoms with Gasteiger partial charge in [-0.3, -0.25) is 0 Å². The average molecular weight is 218 g/mol. The van der Waals surface area contributed by atoms with Gasteiger partial charge in [0.15, 0.2) is 0 Å². The molecule has 1 rings (SSSR count). The predicted octanol–water partition coefficient (Wildman–Crippen LogP) is 2.67. The van der Waals surface area contributed by atoms with E-state index < -0.39 is 0 Å². The van der Waals surface area contributed by atoms with Crippen molar-refractivity contribution in [3.63, 3.8) is 0 Å². The zero-order chi connectivity index (χ0) is 8.27. The van der Waals surface area contributed by atoms with Gasteiger partial charge in [0.2, 0.25) is 0 Å². The van der Waals surface area contributed by atoms with Crippen LogP contribution in [0, 0.1) is 5.92 Å².